The Kier molecular flexibility index (Phi) is 11.0. The Balaban J connectivity index is 1.63. The molecule has 0 spiro atoms. The molecule has 1 aliphatic carbocycles. The van der Waals surface area contributed by atoms with Crippen molar-refractivity contribution in [3.8, 4) is 0 Å². The molecule has 3 atom stereocenters. The molecule has 3 rings (SSSR count). The number of nitrogens with zero attached hydrogens (tertiary/aromatic N) is 1. The number of methoxy groups -OCH3 is 1. The average molecular weight is 508 g/mol. The van der Waals surface area contributed by atoms with Crippen LogP contribution in [0.3, 0.4) is 0 Å². The summed E-state index contributed by atoms with van der Waals surface area (Å²) in [4.78, 5) is 31.4. The maximum Gasteiger partial charge on any atom is 0.227 e. The molecule has 3 N–H and O–H groups in total. The Bertz CT molecular complexity index is 823. The van der Waals surface area contributed by atoms with E-state index >= 15 is 0 Å². The highest BCUT2D eigenvalue weighted by atomic mass is 32.1. The van der Waals surface area contributed by atoms with Gasteiger partial charge in [-0.1, -0.05) is 20.8 Å². The van der Waals surface area contributed by atoms with Crippen molar-refractivity contribution < 1.29 is 19.4 Å². The fourth-order valence-corrected chi connectivity index (χ4v) is 6.23. The number of rotatable bonds is 14. The number of ether oxygens (including phenoxy) is 1. The van der Waals surface area contributed by atoms with E-state index in [1.54, 1.807) is 7.11 Å². The van der Waals surface area contributed by atoms with Gasteiger partial charge in [0.1, 0.15) is 0 Å². The van der Waals surface area contributed by atoms with Crippen LogP contribution in [0.25, 0.3) is 0 Å². The van der Waals surface area contributed by atoms with Crippen molar-refractivity contribution in [2.24, 2.45) is 17.8 Å². The van der Waals surface area contributed by atoms with Gasteiger partial charge in [0.05, 0.1) is 24.5 Å². The van der Waals surface area contributed by atoms with Gasteiger partial charge >= 0.3 is 0 Å². The third-order valence-electron chi connectivity index (χ3n) is 7.05. The summed E-state index contributed by atoms with van der Waals surface area (Å²) < 4.78 is 5.20. The number of hydrogen-bond donors (Lipinski definition) is 3. The summed E-state index contributed by atoms with van der Waals surface area (Å²) in [6, 6.07) is 2.38. The topological polar surface area (TPSA) is 90.9 Å². The van der Waals surface area contributed by atoms with Crippen LogP contribution in [-0.4, -0.2) is 67.3 Å². The van der Waals surface area contributed by atoms with Crippen molar-refractivity contribution in [1.29, 1.82) is 0 Å². The fourth-order valence-electron chi connectivity index (χ4n) is 5.06. The van der Waals surface area contributed by atoms with Crippen LogP contribution in [0.15, 0.2) is 6.07 Å². The minimum Gasteiger partial charge on any atom is -0.394 e. The predicted molar refractivity (Wildman–Crippen MR) is 140 cm³/mol. The second-order valence-electron chi connectivity index (χ2n) is 10.6. The number of carbonyl (C=O) groups excluding carboxylic acids is 2. The van der Waals surface area contributed by atoms with E-state index in [0.717, 1.165) is 45.1 Å². The summed E-state index contributed by atoms with van der Waals surface area (Å²) in [5.74, 6) is 0.0679. The Morgan fingerprint density at radius 2 is 2.03 bits per heavy atom. The van der Waals surface area contributed by atoms with Crippen LogP contribution in [0.2, 0.25) is 0 Å². The summed E-state index contributed by atoms with van der Waals surface area (Å²) >= 11 is 1.87. The van der Waals surface area contributed by atoms with Crippen LogP contribution >= 0.6 is 11.3 Å². The summed E-state index contributed by atoms with van der Waals surface area (Å²) in [5, 5.41) is 16.0. The predicted octanol–water partition coefficient (Wildman–Crippen LogP) is 3.13. The SMILES string of the molecule is CCc1sc(CCCOC)cc1CN(C(=O)[C@H]1CNC[C@@H](C(=O)NC(CO)CC(C)C)C1)C1CC1. The Labute approximate surface area is 215 Å². The number of aryl methyl sites for hydroxylation is 2. The summed E-state index contributed by atoms with van der Waals surface area (Å²) in [7, 11) is 1.74. The van der Waals surface area contributed by atoms with Crippen LogP contribution in [-0.2, 0) is 33.7 Å². The van der Waals surface area contributed by atoms with E-state index < -0.39 is 0 Å². The third kappa shape index (κ3) is 8.27. The molecule has 2 amide bonds. The van der Waals surface area contributed by atoms with Crippen molar-refractivity contribution in [3.05, 3.63) is 21.4 Å². The van der Waals surface area contributed by atoms with E-state index in [0.29, 0.717) is 38.0 Å². The first-order valence-electron chi connectivity index (χ1n) is 13.4. The third-order valence-corrected chi connectivity index (χ3v) is 8.43. The summed E-state index contributed by atoms with van der Waals surface area (Å²) in [6.45, 7) is 8.92. The molecule has 1 unspecified atom stereocenters. The van der Waals surface area contributed by atoms with Crippen molar-refractivity contribution in [1.82, 2.24) is 15.5 Å². The molecule has 0 aromatic carbocycles. The van der Waals surface area contributed by atoms with Crippen molar-refractivity contribution in [2.75, 3.05) is 33.4 Å². The van der Waals surface area contributed by atoms with Crippen molar-refractivity contribution in [3.63, 3.8) is 0 Å². The van der Waals surface area contributed by atoms with E-state index in [4.69, 9.17) is 4.74 Å². The lowest BCUT2D eigenvalue weighted by molar-refractivity contribution is -0.139. The van der Waals surface area contributed by atoms with Gasteiger partial charge in [-0.2, -0.15) is 0 Å². The van der Waals surface area contributed by atoms with E-state index in [1.807, 2.05) is 11.3 Å². The number of amides is 2. The molecule has 35 heavy (non-hydrogen) atoms. The first-order valence-corrected chi connectivity index (χ1v) is 14.2. The molecule has 1 aromatic rings. The van der Waals surface area contributed by atoms with Gasteiger partial charge in [0.2, 0.25) is 11.8 Å². The largest absolute Gasteiger partial charge is 0.394 e. The number of carbonyl (C=O) groups is 2. The van der Waals surface area contributed by atoms with Crippen LogP contribution in [0.5, 0.6) is 0 Å². The number of aliphatic hydroxyl groups excluding tert-OH is 1. The highest BCUT2D eigenvalue weighted by molar-refractivity contribution is 7.12. The Morgan fingerprint density at radius 3 is 2.66 bits per heavy atom. The van der Waals surface area contributed by atoms with Gasteiger partial charge in [0.25, 0.3) is 0 Å². The van der Waals surface area contributed by atoms with Crippen molar-refractivity contribution in [2.45, 2.75) is 84.3 Å². The van der Waals surface area contributed by atoms with Crippen LogP contribution < -0.4 is 10.6 Å². The molecule has 1 saturated heterocycles. The molecule has 2 aliphatic rings. The van der Waals surface area contributed by atoms with E-state index in [1.165, 1.54) is 15.3 Å². The monoisotopic (exact) mass is 507 g/mol. The first kappa shape index (κ1) is 28.1. The lowest BCUT2D eigenvalue weighted by Gasteiger charge is -2.33. The van der Waals surface area contributed by atoms with Crippen LogP contribution in [0.4, 0.5) is 0 Å². The molecule has 0 bridgehead atoms. The van der Waals surface area contributed by atoms with Gasteiger partial charge in [0, 0.05) is 49.1 Å². The number of nitrogens with one attached hydrogen (secondary N) is 2. The molecule has 198 valence electrons. The molecular weight excluding hydrogens is 462 g/mol. The van der Waals surface area contributed by atoms with Gasteiger partial charge in [-0.05, 0) is 62.5 Å². The molecule has 7 nitrogen and oxygen atoms in total. The lowest BCUT2D eigenvalue weighted by atomic mass is 9.88. The smallest absolute Gasteiger partial charge is 0.227 e. The van der Waals surface area contributed by atoms with Gasteiger partial charge in [-0.15, -0.1) is 11.3 Å². The maximum atomic E-state index is 13.7. The normalized spacial score (nSPS) is 21.2. The fraction of sp³-hybridized carbons (Fsp3) is 0.778. The van der Waals surface area contributed by atoms with Gasteiger partial charge in [-0.25, -0.2) is 0 Å². The Hall–Kier alpha value is -1.48. The van der Waals surface area contributed by atoms with Gasteiger partial charge < -0.3 is 25.4 Å². The molecular formula is C27H45N3O4S. The zero-order valence-corrected chi connectivity index (χ0v) is 22.8. The van der Waals surface area contributed by atoms with Crippen LogP contribution in [0.1, 0.15) is 68.2 Å². The Morgan fingerprint density at radius 1 is 1.29 bits per heavy atom. The highest BCUT2D eigenvalue weighted by Gasteiger charge is 2.39. The molecule has 1 saturated carbocycles. The van der Waals surface area contributed by atoms with Gasteiger partial charge in [-0.3, -0.25) is 9.59 Å². The zero-order valence-electron chi connectivity index (χ0n) is 22.0. The van der Waals surface area contributed by atoms with Crippen LogP contribution in [0, 0.1) is 17.8 Å². The van der Waals surface area contributed by atoms with E-state index in [9.17, 15) is 14.7 Å². The molecule has 8 heteroatoms. The quantitative estimate of drug-likeness (QED) is 0.337. The second kappa shape index (κ2) is 13.7. The number of hydrogen-bond acceptors (Lipinski definition) is 6. The first-order chi connectivity index (χ1) is 16.9. The number of piperidine rings is 1. The summed E-state index contributed by atoms with van der Waals surface area (Å²) in [6.07, 6.45) is 6.44. The van der Waals surface area contributed by atoms with Crippen molar-refractivity contribution >= 4 is 23.2 Å². The lowest BCUT2D eigenvalue weighted by Crippen LogP contribution is -2.51. The number of aliphatic hydroxyl groups is 1. The highest BCUT2D eigenvalue weighted by Crippen LogP contribution is 2.34. The molecule has 2 heterocycles. The van der Waals surface area contributed by atoms with E-state index in [-0.39, 0.29) is 36.3 Å². The molecule has 2 fully saturated rings. The standard InChI is InChI=1S/C27H45N3O4S/c1-5-25-21(13-24(35-25)7-6-10-34-4)16-30(23-8-9-23)27(33)20-12-19(14-28-15-20)26(32)29-22(17-31)11-18(2)3/h13,18-20,22-23,28,31H,5-12,14-17H2,1-4H3,(H,29,32)/t19-,20+,22?/m0/s1. The molecule has 1 aromatic heterocycles. The zero-order chi connectivity index (χ0) is 25.4. The minimum absolute atomic E-state index is 0.0560. The maximum absolute atomic E-state index is 13.7. The average Bonchev–Trinajstić information content (AvgIpc) is 3.62. The number of thiophene rings is 1. The minimum atomic E-state index is -0.250. The molecule has 1 aliphatic heterocycles. The van der Waals surface area contributed by atoms with E-state index in [2.05, 4.69) is 42.4 Å². The second-order valence-corrected chi connectivity index (χ2v) is 11.8. The van der Waals surface area contributed by atoms with Gasteiger partial charge in [0.15, 0.2) is 0 Å². The summed E-state index contributed by atoms with van der Waals surface area (Å²) in [5.41, 5.74) is 1.28. The molecule has 0 radical (unpaired) electrons.